The van der Waals surface area contributed by atoms with Gasteiger partial charge in [0.2, 0.25) is 0 Å². The van der Waals surface area contributed by atoms with E-state index in [2.05, 4.69) is 10.3 Å². The number of anilines is 1. The van der Waals surface area contributed by atoms with Gasteiger partial charge in [0, 0.05) is 6.07 Å². The van der Waals surface area contributed by atoms with Crippen molar-refractivity contribution < 1.29 is 9.34 Å². The van der Waals surface area contributed by atoms with Crippen LogP contribution in [-0.2, 0) is 0 Å². The van der Waals surface area contributed by atoms with E-state index in [4.69, 9.17) is 4.42 Å². The van der Waals surface area contributed by atoms with Crippen LogP contribution in [0, 0.1) is 10.1 Å². The van der Waals surface area contributed by atoms with Crippen molar-refractivity contribution in [1.82, 2.24) is 4.98 Å². The lowest BCUT2D eigenvalue weighted by Gasteiger charge is -2.11. The first-order valence-electron chi connectivity index (χ1n) is 5.07. The number of rotatable bonds is 4. The van der Waals surface area contributed by atoms with Crippen molar-refractivity contribution in [3.8, 4) is 0 Å². The molecule has 1 N–H and O–H groups in total. The standard InChI is InChI=1S/C11H11N3O3/c1-8(10-3-2-6-17-10)13-11-5-4-9(7-12-11)14(15)16/h2-8H,1H3,(H,12,13). The molecule has 0 aromatic carbocycles. The fourth-order valence-corrected chi connectivity index (χ4v) is 1.41. The molecule has 0 fully saturated rings. The van der Waals surface area contributed by atoms with Crippen molar-refractivity contribution in [3.63, 3.8) is 0 Å². The maximum absolute atomic E-state index is 10.5. The predicted octanol–water partition coefficient (Wildman–Crippen LogP) is 2.76. The largest absolute Gasteiger partial charge is 0.467 e. The van der Waals surface area contributed by atoms with Crippen molar-refractivity contribution in [2.75, 3.05) is 5.32 Å². The molecular weight excluding hydrogens is 222 g/mol. The summed E-state index contributed by atoms with van der Waals surface area (Å²) in [6.07, 6.45) is 2.81. The van der Waals surface area contributed by atoms with Gasteiger partial charge < -0.3 is 9.73 Å². The van der Waals surface area contributed by atoms with Crippen molar-refractivity contribution >= 4 is 11.5 Å². The summed E-state index contributed by atoms with van der Waals surface area (Å²) >= 11 is 0. The molecule has 1 unspecified atom stereocenters. The van der Waals surface area contributed by atoms with Crippen LogP contribution in [0.25, 0.3) is 0 Å². The Morgan fingerprint density at radius 1 is 1.47 bits per heavy atom. The minimum atomic E-state index is -0.479. The highest BCUT2D eigenvalue weighted by molar-refractivity contribution is 5.41. The second-order valence-electron chi connectivity index (χ2n) is 3.54. The average Bonchev–Trinajstić information content (AvgIpc) is 2.83. The number of nitrogens with zero attached hydrogens (tertiary/aromatic N) is 2. The molecule has 0 amide bonds. The Labute approximate surface area is 97.4 Å². The molecule has 1 atom stereocenters. The van der Waals surface area contributed by atoms with E-state index in [0.29, 0.717) is 5.82 Å². The van der Waals surface area contributed by atoms with Crippen LogP contribution in [0.1, 0.15) is 18.7 Å². The Morgan fingerprint density at radius 2 is 2.29 bits per heavy atom. The fraction of sp³-hybridized carbons (Fsp3) is 0.182. The normalized spacial score (nSPS) is 12.1. The molecule has 0 radical (unpaired) electrons. The highest BCUT2D eigenvalue weighted by Crippen LogP contribution is 2.19. The maximum Gasteiger partial charge on any atom is 0.287 e. The topological polar surface area (TPSA) is 81.2 Å². The second kappa shape index (κ2) is 4.65. The molecule has 0 aliphatic carbocycles. The van der Waals surface area contributed by atoms with E-state index in [9.17, 15) is 10.1 Å². The summed E-state index contributed by atoms with van der Waals surface area (Å²) in [7, 11) is 0. The molecule has 0 saturated heterocycles. The van der Waals surface area contributed by atoms with Gasteiger partial charge in [-0.05, 0) is 25.1 Å². The molecule has 0 saturated carbocycles. The average molecular weight is 233 g/mol. The van der Waals surface area contributed by atoms with Crippen LogP contribution in [0.2, 0.25) is 0 Å². The smallest absolute Gasteiger partial charge is 0.287 e. The summed E-state index contributed by atoms with van der Waals surface area (Å²) < 4.78 is 5.23. The van der Waals surface area contributed by atoms with Gasteiger partial charge in [0.05, 0.1) is 17.2 Å². The number of furan rings is 1. The third-order valence-electron chi connectivity index (χ3n) is 2.29. The Morgan fingerprint density at radius 3 is 2.82 bits per heavy atom. The molecule has 0 aliphatic heterocycles. The van der Waals surface area contributed by atoms with Gasteiger partial charge in [0.15, 0.2) is 0 Å². The summed E-state index contributed by atoms with van der Waals surface area (Å²) in [6.45, 7) is 1.92. The van der Waals surface area contributed by atoms with E-state index in [0.717, 1.165) is 5.76 Å². The molecular formula is C11H11N3O3. The lowest BCUT2D eigenvalue weighted by atomic mass is 10.2. The number of nitro groups is 1. The number of hydrogen-bond donors (Lipinski definition) is 1. The van der Waals surface area contributed by atoms with Crippen molar-refractivity contribution in [1.29, 1.82) is 0 Å². The highest BCUT2D eigenvalue weighted by Gasteiger charge is 2.10. The van der Waals surface area contributed by atoms with Gasteiger partial charge in [-0.3, -0.25) is 10.1 Å². The van der Waals surface area contributed by atoms with Crippen molar-refractivity contribution in [3.05, 3.63) is 52.6 Å². The zero-order valence-electron chi connectivity index (χ0n) is 9.16. The van der Waals surface area contributed by atoms with Gasteiger partial charge in [-0.2, -0.15) is 0 Å². The van der Waals surface area contributed by atoms with Crippen molar-refractivity contribution in [2.24, 2.45) is 0 Å². The molecule has 2 aromatic heterocycles. The molecule has 2 heterocycles. The van der Waals surface area contributed by atoms with E-state index < -0.39 is 4.92 Å². The van der Waals surface area contributed by atoms with E-state index in [1.807, 2.05) is 13.0 Å². The highest BCUT2D eigenvalue weighted by atomic mass is 16.6. The Kier molecular flexibility index (Phi) is 3.04. The number of pyridine rings is 1. The Bertz CT molecular complexity index is 493. The zero-order valence-corrected chi connectivity index (χ0v) is 9.16. The van der Waals surface area contributed by atoms with Gasteiger partial charge in [-0.25, -0.2) is 4.98 Å². The second-order valence-corrected chi connectivity index (χ2v) is 3.54. The monoisotopic (exact) mass is 233 g/mol. The fourth-order valence-electron chi connectivity index (χ4n) is 1.41. The lowest BCUT2D eigenvalue weighted by Crippen LogP contribution is -2.06. The third kappa shape index (κ3) is 2.60. The summed E-state index contributed by atoms with van der Waals surface area (Å²) in [5.41, 5.74) is -0.0267. The minimum Gasteiger partial charge on any atom is -0.467 e. The predicted molar refractivity (Wildman–Crippen MR) is 61.6 cm³/mol. The van der Waals surface area contributed by atoms with E-state index in [-0.39, 0.29) is 11.7 Å². The van der Waals surface area contributed by atoms with E-state index in [1.54, 1.807) is 18.4 Å². The van der Waals surface area contributed by atoms with E-state index >= 15 is 0 Å². The van der Waals surface area contributed by atoms with Crippen LogP contribution in [0.4, 0.5) is 11.5 Å². The molecule has 0 bridgehead atoms. The zero-order chi connectivity index (χ0) is 12.3. The van der Waals surface area contributed by atoms with Gasteiger partial charge in [-0.1, -0.05) is 0 Å². The summed E-state index contributed by atoms with van der Waals surface area (Å²) in [5, 5.41) is 13.5. The molecule has 0 spiro atoms. The van der Waals surface area contributed by atoms with Gasteiger partial charge >= 0.3 is 0 Å². The molecule has 17 heavy (non-hydrogen) atoms. The van der Waals surface area contributed by atoms with Crippen LogP contribution in [0.3, 0.4) is 0 Å². The molecule has 0 aliphatic rings. The molecule has 6 heteroatoms. The number of aromatic nitrogens is 1. The summed E-state index contributed by atoms with van der Waals surface area (Å²) in [6, 6.07) is 6.58. The lowest BCUT2D eigenvalue weighted by molar-refractivity contribution is -0.385. The van der Waals surface area contributed by atoms with Crippen LogP contribution >= 0.6 is 0 Å². The first-order chi connectivity index (χ1) is 8.16. The molecule has 2 aromatic rings. The van der Waals surface area contributed by atoms with Crippen LogP contribution in [0.15, 0.2) is 41.1 Å². The molecule has 2 rings (SSSR count). The molecule has 88 valence electrons. The van der Waals surface area contributed by atoms with Crippen LogP contribution in [0.5, 0.6) is 0 Å². The van der Waals surface area contributed by atoms with Gasteiger partial charge in [-0.15, -0.1) is 0 Å². The van der Waals surface area contributed by atoms with Gasteiger partial charge in [0.1, 0.15) is 17.8 Å². The first-order valence-corrected chi connectivity index (χ1v) is 5.07. The third-order valence-corrected chi connectivity index (χ3v) is 2.29. The first kappa shape index (κ1) is 11.1. The summed E-state index contributed by atoms with van der Waals surface area (Å²) in [4.78, 5) is 13.9. The number of hydrogen-bond acceptors (Lipinski definition) is 5. The molecule has 6 nitrogen and oxygen atoms in total. The SMILES string of the molecule is CC(Nc1ccc([N+](=O)[O-])cn1)c1ccco1. The quantitative estimate of drug-likeness (QED) is 0.648. The Hall–Kier alpha value is -2.37. The number of nitrogens with one attached hydrogen (secondary N) is 1. The Balaban J connectivity index is 2.06. The van der Waals surface area contributed by atoms with Crippen LogP contribution < -0.4 is 5.32 Å². The van der Waals surface area contributed by atoms with Crippen molar-refractivity contribution in [2.45, 2.75) is 13.0 Å². The summed E-state index contributed by atoms with van der Waals surface area (Å²) in [5.74, 6) is 1.35. The maximum atomic E-state index is 10.5. The minimum absolute atomic E-state index is 0.0267. The van der Waals surface area contributed by atoms with Crippen LogP contribution in [-0.4, -0.2) is 9.91 Å². The van der Waals surface area contributed by atoms with Gasteiger partial charge in [0.25, 0.3) is 5.69 Å². The van der Waals surface area contributed by atoms with E-state index in [1.165, 1.54) is 12.3 Å².